The quantitative estimate of drug-likeness (QED) is 0.815. The molecule has 0 aromatic carbocycles. The molecule has 78 valence electrons. The molecule has 1 aromatic heterocycles. The zero-order valence-electron chi connectivity index (χ0n) is 8.45. The highest BCUT2D eigenvalue weighted by atomic mass is 32.2. The van der Waals surface area contributed by atoms with Crippen LogP contribution in [0.25, 0.3) is 0 Å². The van der Waals surface area contributed by atoms with Crippen LogP contribution in [-0.4, -0.2) is 16.5 Å². The summed E-state index contributed by atoms with van der Waals surface area (Å²) in [5, 5.41) is 0. The lowest BCUT2D eigenvalue weighted by Gasteiger charge is -2.17. The second kappa shape index (κ2) is 4.36. The minimum atomic E-state index is 0.459. The number of aromatic nitrogens is 1. The Morgan fingerprint density at radius 2 is 2.21 bits per heavy atom. The van der Waals surface area contributed by atoms with Crippen LogP contribution in [-0.2, 0) is 6.54 Å². The van der Waals surface area contributed by atoms with Gasteiger partial charge in [0.05, 0.1) is 12.2 Å². The van der Waals surface area contributed by atoms with Gasteiger partial charge in [-0.1, -0.05) is 0 Å². The van der Waals surface area contributed by atoms with Crippen LogP contribution >= 0.6 is 11.8 Å². The summed E-state index contributed by atoms with van der Waals surface area (Å²) in [6.45, 7) is 2.42. The molecule has 0 radical (unpaired) electrons. The van der Waals surface area contributed by atoms with Gasteiger partial charge in [0.2, 0.25) is 0 Å². The maximum Gasteiger partial charge on any atom is 0.197 e. The van der Waals surface area contributed by atoms with Crippen molar-refractivity contribution in [1.82, 2.24) is 4.98 Å². The highest BCUT2D eigenvalue weighted by molar-refractivity contribution is 7.99. The van der Waals surface area contributed by atoms with Gasteiger partial charge in [0.15, 0.2) is 5.89 Å². The molecule has 0 atom stereocenters. The summed E-state index contributed by atoms with van der Waals surface area (Å²) >= 11 is 2.02. The van der Waals surface area contributed by atoms with E-state index in [0.29, 0.717) is 12.5 Å². The molecule has 1 fully saturated rings. The number of oxazole rings is 1. The topological polar surface area (TPSA) is 52.0 Å². The average Bonchev–Trinajstić information content (AvgIpc) is 2.61. The van der Waals surface area contributed by atoms with E-state index in [1.165, 1.54) is 24.3 Å². The number of aryl methyl sites for hydroxylation is 1. The predicted molar refractivity (Wildman–Crippen MR) is 58.4 cm³/mol. The van der Waals surface area contributed by atoms with Crippen LogP contribution in [0.2, 0.25) is 0 Å². The molecule has 0 bridgehead atoms. The summed E-state index contributed by atoms with van der Waals surface area (Å²) in [7, 11) is 0. The highest BCUT2D eigenvalue weighted by Gasteiger charge is 2.21. The number of hydrogen-bond donors (Lipinski definition) is 1. The zero-order chi connectivity index (χ0) is 9.97. The molecule has 4 heteroatoms. The summed E-state index contributed by atoms with van der Waals surface area (Å²) in [5.74, 6) is 4.73. The summed E-state index contributed by atoms with van der Waals surface area (Å²) in [6, 6.07) is 0. The molecule has 0 amide bonds. The number of nitrogens with zero attached hydrogens (tertiary/aromatic N) is 1. The van der Waals surface area contributed by atoms with Crippen LogP contribution in [0.15, 0.2) is 4.42 Å². The average molecular weight is 212 g/mol. The van der Waals surface area contributed by atoms with E-state index in [9.17, 15) is 0 Å². The lowest BCUT2D eigenvalue weighted by atomic mass is 10.0. The van der Waals surface area contributed by atoms with Crippen molar-refractivity contribution in [3.05, 3.63) is 17.3 Å². The second-order valence-electron chi connectivity index (χ2n) is 3.65. The molecule has 0 spiro atoms. The van der Waals surface area contributed by atoms with E-state index in [2.05, 4.69) is 4.98 Å². The summed E-state index contributed by atoms with van der Waals surface area (Å²) in [5.41, 5.74) is 6.51. The maximum atomic E-state index is 5.66. The van der Waals surface area contributed by atoms with Gasteiger partial charge in [-0.3, -0.25) is 0 Å². The van der Waals surface area contributed by atoms with E-state index < -0.39 is 0 Å². The molecule has 2 rings (SSSR count). The Morgan fingerprint density at radius 3 is 2.79 bits per heavy atom. The fourth-order valence-electron chi connectivity index (χ4n) is 1.76. The van der Waals surface area contributed by atoms with Gasteiger partial charge in [-0.15, -0.1) is 0 Å². The van der Waals surface area contributed by atoms with Crippen LogP contribution in [0.5, 0.6) is 0 Å². The normalized spacial score (nSPS) is 18.7. The van der Waals surface area contributed by atoms with E-state index >= 15 is 0 Å². The molecule has 0 saturated carbocycles. The summed E-state index contributed by atoms with van der Waals surface area (Å²) in [4.78, 5) is 4.45. The minimum absolute atomic E-state index is 0.459. The smallest absolute Gasteiger partial charge is 0.197 e. The first-order valence-corrected chi connectivity index (χ1v) is 6.20. The largest absolute Gasteiger partial charge is 0.444 e. The highest BCUT2D eigenvalue weighted by Crippen LogP contribution is 2.31. The van der Waals surface area contributed by atoms with Crippen LogP contribution in [0.4, 0.5) is 0 Å². The first-order chi connectivity index (χ1) is 6.81. The molecule has 2 N–H and O–H groups in total. The van der Waals surface area contributed by atoms with Crippen molar-refractivity contribution in [2.24, 2.45) is 5.73 Å². The lowest BCUT2D eigenvalue weighted by Crippen LogP contribution is -2.08. The van der Waals surface area contributed by atoms with Crippen molar-refractivity contribution >= 4 is 11.8 Å². The van der Waals surface area contributed by atoms with Crippen molar-refractivity contribution in [2.45, 2.75) is 32.2 Å². The van der Waals surface area contributed by atoms with E-state index in [1.807, 2.05) is 18.7 Å². The van der Waals surface area contributed by atoms with Crippen molar-refractivity contribution in [1.29, 1.82) is 0 Å². The Hall–Kier alpha value is -0.480. The molecular weight excluding hydrogens is 196 g/mol. The van der Waals surface area contributed by atoms with Crippen LogP contribution < -0.4 is 5.73 Å². The molecule has 3 nitrogen and oxygen atoms in total. The zero-order valence-corrected chi connectivity index (χ0v) is 9.27. The summed E-state index contributed by atoms with van der Waals surface area (Å²) < 4.78 is 5.66. The van der Waals surface area contributed by atoms with Gasteiger partial charge in [-0.2, -0.15) is 11.8 Å². The van der Waals surface area contributed by atoms with E-state index in [0.717, 1.165) is 17.3 Å². The predicted octanol–water partition coefficient (Wildman–Crippen LogP) is 2.05. The molecule has 0 unspecified atom stereocenters. The monoisotopic (exact) mass is 212 g/mol. The van der Waals surface area contributed by atoms with E-state index in [-0.39, 0.29) is 0 Å². The van der Waals surface area contributed by atoms with Crippen LogP contribution in [0.1, 0.15) is 36.1 Å². The number of hydrogen-bond acceptors (Lipinski definition) is 4. The standard InChI is InChI=1S/C10H16N2OS/c1-7-9(6-11)13-10(12-7)8-2-4-14-5-3-8/h8H,2-6,11H2,1H3. The molecule has 14 heavy (non-hydrogen) atoms. The number of thioether (sulfide) groups is 1. The number of rotatable bonds is 2. The first-order valence-electron chi connectivity index (χ1n) is 5.05. The van der Waals surface area contributed by atoms with Crippen molar-refractivity contribution in [2.75, 3.05) is 11.5 Å². The van der Waals surface area contributed by atoms with Crippen molar-refractivity contribution in [3.8, 4) is 0 Å². The van der Waals surface area contributed by atoms with Crippen LogP contribution in [0, 0.1) is 6.92 Å². The fourth-order valence-corrected chi connectivity index (χ4v) is 2.87. The third-order valence-electron chi connectivity index (χ3n) is 2.67. The number of nitrogens with two attached hydrogens (primary N) is 1. The third-order valence-corrected chi connectivity index (χ3v) is 3.71. The van der Waals surface area contributed by atoms with Gasteiger partial charge in [0.1, 0.15) is 5.76 Å². The molecule has 2 heterocycles. The molecule has 1 aromatic rings. The minimum Gasteiger partial charge on any atom is -0.444 e. The van der Waals surface area contributed by atoms with Crippen molar-refractivity contribution in [3.63, 3.8) is 0 Å². The van der Waals surface area contributed by atoms with E-state index in [4.69, 9.17) is 10.2 Å². The Kier molecular flexibility index (Phi) is 3.13. The Morgan fingerprint density at radius 1 is 1.50 bits per heavy atom. The molecule has 1 aliphatic heterocycles. The first kappa shape index (κ1) is 10.1. The van der Waals surface area contributed by atoms with Crippen molar-refractivity contribution < 1.29 is 4.42 Å². The van der Waals surface area contributed by atoms with Gasteiger partial charge >= 0.3 is 0 Å². The molecular formula is C10H16N2OS. The Labute approximate surface area is 88.5 Å². The van der Waals surface area contributed by atoms with Crippen LogP contribution in [0.3, 0.4) is 0 Å². The molecule has 1 saturated heterocycles. The maximum absolute atomic E-state index is 5.66. The van der Waals surface area contributed by atoms with Gasteiger partial charge in [-0.05, 0) is 31.3 Å². The van der Waals surface area contributed by atoms with Gasteiger partial charge in [-0.25, -0.2) is 4.98 Å². The second-order valence-corrected chi connectivity index (χ2v) is 4.88. The third kappa shape index (κ3) is 1.96. The SMILES string of the molecule is Cc1nc(C2CCSCC2)oc1CN. The lowest BCUT2D eigenvalue weighted by molar-refractivity contribution is 0.406. The Bertz CT molecular complexity index is 305. The van der Waals surface area contributed by atoms with Gasteiger partial charge in [0.25, 0.3) is 0 Å². The Balaban J connectivity index is 2.14. The molecule has 0 aliphatic carbocycles. The summed E-state index contributed by atoms with van der Waals surface area (Å²) in [6.07, 6.45) is 2.38. The van der Waals surface area contributed by atoms with E-state index in [1.54, 1.807) is 0 Å². The van der Waals surface area contributed by atoms with Gasteiger partial charge in [0, 0.05) is 5.92 Å². The van der Waals surface area contributed by atoms with Gasteiger partial charge < -0.3 is 10.2 Å². The molecule has 1 aliphatic rings. The fraction of sp³-hybridized carbons (Fsp3) is 0.700.